The molecule has 0 bridgehead atoms. The average Bonchev–Trinajstić information content (AvgIpc) is 2.34. The zero-order chi connectivity index (χ0) is 15.1. The number of nitrogens with one attached hydrogen (secondary N) is 1. The fraction of sp³-hybridized carbons (Fsp3) is 0.417. The molecule has 0 aromatic heterocycles. The van der Waals surface area contributed by atoms with Crippen LogP contribution in [0.25, 0.3) is 0 Å². The summed E-state index contributed by atoms with van der Waals surface area (Å²) in [5, 5.41) is 21.2. The first-order valence-electron chi connectivity index (χ1n) is 5.86. The van der Waals surface area contributed by atoms with Crippen LogP contribution in [0.1, 0.15) is 0 Å². The van der Waals surface area contributed by atoms with Gasteiger partial charge in [-0.25, -0.2) is 0 Å². The Morgan fingerprint density at radius 1 is 1.10 bits per heavy atom. The molecule has 0 heterocycles. The highest BCUT2D eigenvalue weighted by atomic mass is 35.5. The lowest BCUT2D eigenvalue weighted by Crippen LogP contribution is -2.37. The lowest BCUT2D eigenvalue weighted by atomic mass is 10.3. The molecule has 1 aromatic carbocycles. The van der Waals surface area contributed by atoms with Gasteiger partial charge in [0.2, 0.25) is 5.91 Å². The fourth-order valence-corrected chi connectivity index (χ4v) is 2.51. The van der Waals surface area contributed by atoms with Crippen molar-refractivity contribution in [2.45, 2.75) is 0 Å². The Kier molecular flexibility index (Phi) is 7.58. The van der Waals surface area contributed by atoms with Crippen molar-refractivity contribution >= 4 is 46.4 Å². The third-order valence-corrected chi connectivity index (χ3v) is 3.29. The van der Waals surface area contributed by atoms with Gasteiger partial charge in [-0.15, -0.1) is 0 Å². The number of carbonyl (C=O) groups excluding carboxylic acids is 1. The van der Waals surface area contributed by atoms with Crippen LogP contribution in [0.2, 0.25) is 15.1 Å². The van der Waals surface area contributed by atoms with Gasteiger partial charge in [0.1, 0.15) is 0 Å². The molecule has 0 atom stereocenters. The molecule has 20 heavy (non-hydrogen) atoms. The smallest absolute Gasteiger partial charge is 0.238 e. The van der Waals surface area contributed by atoms with Crippen molar-refractivity contribution in [1.82, 2.24) is 4.90 Å². The van der Waals surface area contributed by atoms with Crippen LogP contribution in [0, 0.1) is 0 Å². The van der Waals surface area contributed by atoms with Crippen molar-refractivity contribution in [2.75, 3.05) is 38.2 Å². The lowest BCUT2D eigenvalue weighted by molar-refractivity contribution is -0.117. The summed E-state index contributed by atoms with van der Waals surface area (Å²) in [6, 6.07) is 2.95. The summed E-state index contributed by atoms with van der Waals surface area (Å²) >= 11 is 17.7. The summed E-state index contributed by atoms with van der Waals surface area (Å²) in [6.45, 7) is 0.383. The van der Waals surface area contributed by atoms with E-state index < -0.39 is 0 Å². The Morgan fingerprint density at radius 3 is 2.05 bits per heavy atom. The van der Waals surface area contributed by atoms with E-state index in [4.69, 9.17) is 45.0 Å². The van der Waals surface area contributed by atoms with Crippen LogP contribution in [-0.2, 0) is 4.79 Å². The van der Waals surface area contributed by atoms with E-state index in [2.05, 4.69) is 5.32 Å². The van der Waals surface area contributed by atoms with E-state index in [1.165, 1.54) is 12.1 Å². The van der Waals surface area contributed by atoms with Crippen LogP contribution in [-0.4, -0.2) is 53.9 Å². The first-order valence-corrected chi connectivity index (χ1v) is 6.99. The van der Waals surface area contributed by atoms with Crippen LogP contribution in [0.15, 0.2) is 12.1 Å². The number of halogens is 3. The number of hydrogen-bond acceptors (Lipinski definition) is 4. The van der Waals surface area contributed by atoms with Crippen LogP contribution in [0.5, 0.6) is 0 Å². The molecule has 3 N–H and O–H groups in total. The molecule has 112 valence electrons. The van der Waals surface area contributed by atoms with E-state index in [9.17, 15) is 4.79 Å². The van der Waals surface area contributed by atoms with Crippen molar-refractivity contribution in [3.05, 3.63) is 27.2 Å². The number of anilines is 1. The topological polar surface area (TPSA) is 72.8 Å². The molecule has 1 rings (SSSR count). The molecule has 1 aromatic rings. The van der Waals surface area contributed by atoms with Crippen LogP contribution < -0.4 is 5.32 Å². The molecular weight excluding hydrogens is 327 g/mol. The first kappa shape index (κ1) is 17.5. The number of nitrogens with zero attached hydrogens (tertiary/aromatic N) is 1. The second-order valence-corrected chi connectivity index (χ2v) is 5.27. The van der Waals surface area contributed by atoms with Gasteiger partial charge in [-0.05, 0) is 12.1 Å². The van der Waals surface area contributed by atoms with Crippen LogP contribution in [0.4, 0.5) is 5.69 Å². The predicted octanol–water partition coefficient (Wildman–Crippen LogP) is 1.87. The Morgan fingerprint density at radius 2 is 1.60 bits per heavy atom. The van der Waals surface area contributed by atoms with Gasteiger partial charge in [0, 0.05) is 18.1 Å². The van der Waals surface area contributed by atoms with Crippen LogP contribution >= 0.6 is 34.8 Å². The molecule has 0 aliphatic rings. The van der Waals surface area contributed by atoms with Crippen molar-refractivity contribution in [2.24, 2.45) is 0 Å². The normalized spacial score (nSPS) is 10.9. The number of carbonyl (C=O) groups is 1. The molecule has 0 aliphatic carbocycles. The van der Waals surface area contributed by atoms with Crippen LogP contribution in [0.3, 0.4) is 0 Å². The van der Waals surface area contributed by atoms with Gasteiger partial charge < -0.3 is 15.5 Å². The third-order valence-electron chi connectivity index (χ3n) is 2.47. The number of hydrogen-bond donors (Lipinski definition) is 3. The molecule has 5 nitrogen and oxygen atoms in total. The summed E-state index contributed by atoms with van der Waals surface area (Å²) in [5.41, 5.74) is 0.288. The molecule has 0 aliphatic heterocycles. The van der Waals surface area contributed by atoms with Crippen molar-refractivity contribution < 1.29 is 15.0 Å². The van der Waals surface area contributed by atoms with E-state index in [1.54, 1.807) is 4.90 Å². The maximum absolute atomic E-state index is 11.9. The predicted molar refractivity (Wildman–Crippen MR) is 80.7 cm³/mol. The van der Waals surface area contributed by atoms with Gasteiger partial charge >= 0.3 is 0 Å². The van der Waals surface area contributed by atoms with Gasteiger partial charge in [0.25, 0.3) is 0 Å². The van der Waals surface area contributed by atoms with E-state index in [0.717, 1.165) is 0 Å². The van der Waals surface area contributed by atoms with Gasteiger partial charge in [0.05, 0.1) is 35.5 Å². The summed E-state index contributed by atoms with van der Waals surface area (Å²) < 4.78 is 0. The molecule has 0 unspecified atom stereocenters. The van der Waals surface area contributed by atoms with Crippen molar-refractivity contribution in [1.29, 1.82) is 0 Å². The minimum absolute atomic E-state index is 0.0103. The van der Waals surface area contributed by atoms with E-state index >= 15 is 0 Å². The van der Waals surface area contributed by atoms with E-state index in [1.807, 2.05) is 0 Å². The molecule has 0 saturated carbocycles. The number of aliphatic hydroxyl groups excluding tert-OH is 2. The summed E-state index contributed by atoms with van der Waals surface area (Å²) in [6.07, 6.45) is 0. The van der Waals surface area contributed by atoms with Crippen molar-refractivity contribution in [3.8, 4) is 0 Å². The van der Waals surface area contributed by atoms with Gasteiger partial charge in [-0.3, -0.25) is 9.69 Å². The number of rotatable bonds is 7. The Balaban J connectivity index is 2.70. The Bertz CT molecular complexity index is 442. The quantitative estimate of drug-likeness (QED) is 0.708. The molecule has 8 heteroatoms. The number of aliphatic hydroxyl groups is 2. The van der Waals surface area contributed by atoms with Crippen molar-refractivity contribution in [3.63, 3.8) is 0 Å². The second-order valence-electron chi connectivity index (χ2n) is 4.02. The maximum atomic E-state index is 11.9. The van der Waals surface area contributed by atoms with Gasteiger partial charge in [0.15, 0.2) is 0 Å². The number of benzene rings is 1. The zero-order valence-corrected chi connectivity index (χ0v) is 12.8. The average molecular weight is 342 g/mol. The Hall–Kier alpha value is -0.560. The van der Waals surface area contributed by atoms with Gasteiger partial charge in [-0.2, -0.15) is 0 Å². The lowest BCUT2D eigenvalue weighted by Gasteiger charge is -2.19. The summed E-state index contributed by atoms with van der Waals surface area (Å²) in [5.74, 6) is -0.349. The highest BCUT2D eigenvalue weighted by Crippen LogP contribution is 2.33. The largest absolute Gasteiger partial charge is 0.395 e. The van der Waals surface area contributed by atoms with Gasteiger partial charge in [-0.1, -0.05) is 34.8 Å². The Labute approximate surface area is 132 Å². The maximum Gasteiger partial charge on any atom is 0.238 e. The molecule has 0 fully saturated rings. The minimum atomic E-state index is -0.349. The zero-order valence-electron chi connectivity index (χ0n) is 10.6. The number of amides is 1. The second kappa shape index (κ2) is 8.67. The minimum Gasteiger partial charge on any atom is -0.395 e. The molecular formula is C12H15Cl3N2O3. The van der Waals surface area contributed by atoms with E-state index in [-0.39, 0.29) is 54.5 Å². The SMILES string of the molecule is O=C(CN(CCO)CCO)Nc1c(Cl)cc(Cl)cc1Cl. The molecule has 1 amide bonds. The van der Waals surface area contributed by atoms with E-state index in [0.29, 0.717) is 5.02 Å². The first-order chi connectivity index (χ1) is 9.47. The molecule has 0 radical (unpaired) electrons. The third kappa shape index (κ3) is 5.44. The fourth-order valence-electron chi connectivity index (χ4n) is 1.60. The molecule has 0 saturated heterocycles. The summed E-state index contributed by atoms with van der Waals surface area (Å²) in [7, 11) is 0. The summed E-state index contributed by atoms with van der Waals surface area (Å²) in [4.78, 5) is 13.5. The highest BCUT2D eigenvalue weighted by molar-refractivity contribution is 6.42. The standard InChI is InChI=1S/C12H15Cl3N2O3/c13-8-5-9(14)12(10(15)6-8)16-11(20)7-17(1-3-18)2-4-19/h5-6,18-19H,1-4,7H2,(H,16,20). The monoisotopic (exact) mass is 340 g/mol. The highest BCUT2D eigenvalue weighted by Gasteiger charge is 2.14. The molecule has 0 spiro atoms.